The van der Waals surface area contributed by atoms with Crippen LogP contribution >= 0.6 is 0 Å². The third kappa shape index (κ3) is 3.36. The van der Waals surface area contributed by atoms with Crippen LogP contribution in [0.25, 0.3) is 17.3 Å². The van der Waals surface area contributed by atoms with Crippen molar-refractivity contribution in [1.82, 2.24) is 10.2 Å². The smallest absolute Gasteiger partial charge is 0.189 e. The fraction of sp³-hybridized carbons (Fsp3) is 0.182. The summed E-state index contributed by atoms with van der Waals surface area (Å²) in [5.74, 6) is 1.49. The Morgan fingerprint density at radius 1 is 1.04 bits per heavy atom. The van der Waals surface area contributed by atoms with Crippen LogP contribution in [0.2, 0.25) is 0 Å². The van der Waals surface area contributed by atoms with Crippen LogP contribution in [0.1, 0.15) is 18.5 Å². The largest absolute Gasteiger partial charge is 0.497 e. The number of carbonyl (C=O) groups is 1. The third-order valence-electron chi connectivity index (χ3n) is 4.71. The lowest BCUT2D eigenvalue weighted by molar-refractivity contribution is -0.111. The zero-order valence-corrected chi connectivity index (χ0v) is 15.3. The molecule has 136 valence electrons. The van der Waals surface area contributed by atoms with E-state index in [0.717, 1.165) is 40.1 Å². The second kappa shape index (κ2) is 7.11. The number of Topliss-reactive ketones (excluding diaryl/α,β-unsaturated/α-hetero) is 1. The van der Waals surface area contributed by atoms with E-state index in [0.29, 0.717) is 17.9 Å². The van der Waals surface area contributed by atoms with Crippen molar-refractivity contribution in [2.24, 2.45) is 0 Å². The van der Waals surface area contributed by atoms with E-state index in [1.807, 2.05) is 42.5 Å². The summed E-state index contributed by atoms with van der Waals surface area (Å²) in [6, 6.07) is 7.53. The van der Waals surface area contributed by atoms with Crippen LogP contribution in [-0.2, 0) is 4.79 Å². The Kier molecular flexibility index (Phi) is 4.50. The molecule has 1 heterocycles. The summed E-state index contributed by atoms with van der Waals surface area (Å²) in [5.41, 5.74) is 5.09. The molecule has 0 amide bonds. The molecule has 27 heavy (non-hydrogen) atoms. The van der Waals surface area contributed by atoms with Gasteiger partial charge in [0.15, 0.2) is 5.78 Å². The lowest BCUT2D eigenvalue weighted by Gasteiger charge is -2.06. The van der Waals surface area contributed by atoms with Crippen LogP contribution in [-0.4, -0.2) is 30.2 Å². The molecule has 0 radical (unpaired) electrons. The number of aromatic amines is 1. The van der Waals surface area contributed by atoms with E-state index in [9.17, 15) is 4.79 Å². The van der Waals surface area contributed by atoms with Crippen molar-refractivity contribution in [3.63, 3.8) is 0 Å². The van der Waals surface area contributed by atoms with Crippen LogP contribution in [0.4, 0.5) is 0 Å². The van der Waals surface area contributed by atoms with Gasteiger partial charge in [-0.25, -0.2) is 0 Å². The molecule has 0 unspecified atom stereocenters. The topological polar surface area (TPSA) is 64.2 Å². The third-order valence-corrected chi connectivity index (χ3v) is 4.71. The van der Waals surface area contributed by atoms with Crippen molar-refractivity contribution in [2.45, 2.75) is 12.8 Å². The van der Waals surface area contributed by atoms with Gasteiger partial charge in [0, 0.05) is 29.2 Å². The molecular formula is C22H20N2O3. The standard InChI is InChI=1S/C22H20N2O3/c1-26-18-10-15(11-19(13-18)27-2)21-12-17(23-24-21)9-16-8-14-6-4-3-5-7-20(14)22(16)25/h4-7,9-13H,3,8H2,1-2H3,(H,23,24). The van der Waals surface area contributed by atoms with Crippen molar-refractivity contribution in [2.75, 3.05) is 14.2 Å². The number of nitrogens with one attached hydrogen (secondary N) is 1. The molecule has 2 aromatic rings. The van der Waals surface area contributed by atoms with Gasteiger partial charge < -0.3 is 9.47 Å². The quantitative estimate of drug-likeness (QED) is 0.828. The summed E-state index contributed by atoms with van der Waals surface area (Å²) in [6.07, 6.45) is 11.5. The van der Waals surface area contributed by atoms with Crippen LogP contribution in [0.15, 0.2) is 65.3 Å². The molecule has 2 aliphatic carbocycles. The average molecular weight is 360 g/mol. The fourth-order valence-electron chi connectivity index (χ4n) is 3.32. The molecule has 1 N–H and O–H groups in total. The maximum atomic E-state index is 12.7. The van der Waals surface area contributed by atoms with Gasteiger partial charge in [-0.2, -0.15) is 5.10 Å². The molecule has 1 aromatic heterocycles. The number of benzene rings is 1. The second-order valence-corrected chi connectivity index (χ2v) is 6.46. The van der Waals surface area contributed by atoms with Gasteiger partial charge >= 0.3 is 0 Å². The number of carbonyl (C=O) groups excluding carboxylic acids is 1. The van der Waals surface area contributed by atoms with E-state index in [2.05, 4.69) is 22.3 Å². The highest BCUT2D eigenvalue weighted by Crippen LogP contribution is 2.33. The number of hydrogen-bond acceptors (Lipinski definition) is 4. The number of ketones is 1. The average Bonchev–Trinajstić information content (AvgIpc) is 3.19. The Morgan fingerprint density at radius 2 is 1.78 bits per heavy atom. The SMILES string of the molecule is COc1cc(OC)cc(-c2cc(C=C3CC4=C(C=CCC=C4)C3=O)[nH]n2)c1. The second-order valence-electron chi connectivity index (χ2n) is 6.46. The highest BCUT2D eigenvalue weighted by atomic mass is 16.5. The predicted molar refractivity (Wildman–Crippen MR) is 105 cm³/mol. The summed E-state index contributed by atoms with van der Waals surface area (Å²) in [7, 11) is 3.23. The fourth-order valence-corrected chi connectivity index (χ4v) is 3.32. The minimum Gasteiger partial charge on any atom is -0.497 e. The molecule has 0 bridgehead atoms. The van der Waals surface area contributed by atoms with Gasteiger partial charge in [0.2, 0.25) is 0 Å². The Bertz CT molecular complexity index is 1000. The van der Waals surface area contributed by atoms with Crippen LogP contribution < -0.4 is 9.47 Å². The van der Waals surface area contributed by atoms with Crippen molar-refractivity contribution in [1.29, 1.82) is 0 Å². The normalized spacial score (nSPS) is 17.4. The number of H-pyrrole nitrogens is 1. The molecular weight excluding hydrogens is 340 g/mol. The number of hydrogen-bond donors (Lipinski definition) is 1. The van der Waals surface area contributed by atoms with E-state index in [4.69, 9.17) is 9.47 Å². The molecule has 5 heteroatoms. The minimum absolute atomic E-state index is 0.0898. The predicted octanol–water partition coefficient (Wildman–Crippen LogP) is 4.26. The van der Waals surface area contributed by atoms with Crippen molar-refractivity contribution in [3.8, 4) is 22.8 Å². The Labute approximate surface area is 157 Å². The molecule has 0 atom stereocenters. The molecule has 0 spiro atoms. The van der Waals surface area contributed by atoms with Crippen LogP contribution in [0.3, 0.4) is 0 Å². The molecule has 0 fully saturated rings. The maximum Gasteiger partial charge on any atom is 0.189 e. The van der Waals surface area contributed by atoms with Crippen molar-refractivity contribution < 1.29 is 14.3 Å². The van der Waals surface area contributed by atoms with E-state index in [1.54, 1.807) is 14.2 Å². The molecule has 1 aromatic carbocycles. The highest BCUT2D eigenvalue weighted by molar-refractivity contribution is 6.16. The zero-order chi connectivity index (χ0) is 18.8. The van der Waals surface area contributed by atoms with Gasteiger partial charge in [0.05, 0.1) is 25.6 Å². The summed E-state index contributed by atoms with van der Waals surface area (Å²) in [4.78, 5) is 12.7. The first-order chi connectivity index (χ1) is 13.2. The minimum atomic E-state index is 0.0898. The lowest BCUT2D eigenvalue weighted by atomic mass is 10.1. The maximum absolute atomic E-state index is 12.7. The summed E-state index contributed by atoms with van der Waals surface area (Å²) >= 11 is 0. The monoisotopic (exact) mass is 360 g/mol. The Balaban J connectivity index is 1.62. The van der Waals surface area contributed by atoms with Gasteiger partial charge in [-0.1, -0.05) is 24.3 Å². The van der Waals surface area contributed by atoms with Crippen LogP contribution in [0, 0.1) is 0 Å². The number of allylic oxidation sites excluding steroid dienone is 7. The van der Waals surface area contributed by atoms with Gasteiger partial charge in [-0.15, -0.1) is 0 Å². The van der Waals surface area contributed by atoms with Crippen molar-refractivity contribution >= 4 is 11.9 Å². The number of nitrogens with zero attached hydrogens (tertiary/aromatic N) is 1. The van der Waals surface area contributed by atoms with Gasteiger partial charge in [-0.05, 0) is 36.3 Å². The lowest BCUT2D eigenvalue weighted by Crippen LogP contribution is -1.97. The van der Waals surface area contributed by atoms with Crippen LogP contribution in [0.5, 0.6) is 11.5 Å². The number of methoxy groups -OCH3 is 2. The summed E-state index contributed by atoms with van der Waals surface area (Å²) < 4.78 is 10.6. The van der Waals surface area contributed by atoms with Crippen molar-refractivity contribution in [3.05, 3.63) is 71.0 Å². The first-order valence-electron chi connectivity index (χ1n) is 8.78. The number of rotatable bonds is 4. The molecule has 0 aliphatic heterocycles. The number of aromatic nitrogens is 2. The molecule has 0 saturated heterocycles. The van der Waals surface area contributed by atoms with E-state index in [-0.39, 0.29) is 5.78 Å². The zero-order valence-electron chi connectivity index (χ0n) is 15.3. The first-order valence-corrected chi connectivity index (χ1v) is 8.78. The Morgan fingerprint density at radius 3 is 2.52 bits per heavy atom. The van der Waals surface area contributed by atoms with Gasteiger partial charge in [0.25, 0.3) is 0 Å². The van der Waals surface area contributed by atoms with E-state index >= 15 is 0 Å². The van der Waals surface area contributed by atoms with E-state index in [1.165, 1.54) is 0 Å². The summed E-state index contributed by atoms with van der Waals surface area (Å²) in [6.45, 7) is 0. The number of ether oxygens (including phenoxy) is 2. The molecule has 5 nitrogen and oxygen atoms in total. The van der Waals surface area contributed by atoms with Gasteiger partial charge in [-0.3, -0.25) is 9.89 Å². The molecule has 4 rings (SSSR count). The molecule has 2 aliphatic rings. The molecule has 0 saturated carbocycles. The first kappa shape index (κ1) is 17.1. The highest BCUT2D eigenvalue weighted by Gasteiger charge is 2.25. The van der Waals surface area contributed by atoms with E-state index < -0.39 is 0 Å². The Hall–Kier alpha value is -3.34. The summed E-state index contributed by atoms with van der Waals surface area (Å²) in [5, 5.41) is 7.38. The van der Waals surface area contributed by atoms with Gasteiger partial charge in [0.1, 0.15) is 11.5 Å².